The zero-order valence-electron chi connectivity index (χ0n) is 12.4. The van der Waals surface area contributed by atoms with Crippen LogP contribution in [0, 0.1) is 0 Å². The fourth-order valence-electron chi connectivity index (χ4n) is 3.05. The molecule has 0 aliphatic carbocycles. The number of hydrogen-bond acceptors (Lipinski definition) is 4. The van der Waals surface area contributed by atoms with Crippen LogP contribution >= 0.6 is 0 Å². The maximum Gasteiger partial charge on any atom is 0.267 e. The topological polar surface area (TPSA) is 78.1 Å². The number of aromatic nitrogens is 2. The van der Waals surface area contributed by atoms with Gasteiger partial charge in [0.15, 0.2) is 0 Å². The van der Waals surface area contributed by atoms with Crippen LogP contribution in [0.3, 0.4) is 0 Å². The van der Waals surface area contributed by atoms with E-state index in [-0.39, 0.29) is 11.8 Å². The number of rotatable bonds is 3. The van der Waals surface area contributed by atoms with Crippen LogP contribution in [0.4, 0.5) is 0 Å². The van der Waals surface area contributed by atoms with Crippen LogP contribution in [0.2, 0.25) is 0 Å². The molecule has 23 heavy (non-hydrogen) atoms. The second-order valence-electron chi connectivity index (χ2n) is 5.64. The number of primary amides is 1. The second-order valence-corrected chi connectivity index (χ2v) is 5.64. The van der Waals surface area contributed by atoms with Gasteiger partial charge < -0.3 is 10.5 Å². The number of ether oxygens (including phenoxy) is 1. The molecule has 4 rings (SSSR count). The zero-order chi connectivity index (χ0) is 15.8. The summed E-state index contributed by atoms with van der Waals surface area (Å²) in [6, 6.07) is 11.9. The van der Waals surface area contributed by atoms with Crippen LogP contribution in [-0.2, 0) is 17.8 Å². The van der Waals surface area contributed by atoms with Crippen molar-refractivity contribution in [1.29, 1.82) is 0 Å². The molecule has 3 aromatic rings. The van der Waals surface area contributed by atoms with E-state index in [1.165, 1.54) is 5.56 Å². The number of nitrogens with zero attached hydrogens (tertiary/aromatic N) is 2. The summed E-state index contributed by atoms with van der Waals surface area (Å²) in [4.78, 5) is 19.9. The molecular weight excluding hydrogens is 290 g/mol. The van der Waals surface area contributed by atoms with Crippen molar-refractivity contribution in [3.8, 4) is 0 Å². The lowest BCUT2D eigenvalue weighted by Gasteiger charge is -2.13. The molecule has 1 aliphatic heterocycles. The summed E-state index contributed by atoms with van der Waals surface area (Å²) in [6.07, 6.45) is 4.14. The Morgan fingerprint density at radius 3 is 2.83 bits per heavy atom. The van der Waals surface area contributed by atoms with Crippen LogP contribution in [0.1, 0.15) is 33.3 Å². The lowest BCUT2D eigenvalue weighted by atomic mass is 9.97. The number of carbonyl (C=O) groups excluding carboxylic acids is 1. The average molecular weight is 305 g/mol. The summed E-state index contributed by atoms with van der Waals surface area (Å²) in [5, 5.41) is 0.893. The third-order valence-corrected chi connectivity index (χ3v) is 4.16. The van der Waals surface area contributed by atoms with Crippen LogP contribution in [0.25, 0.3) is 10.9 Å². The van der Waals surface area contributed by atoms with Crippen LogP contribution in [-0.4, -0.2) is 15.9 Å². The minimum Gasteiger partial charge on any atom is -0.368 e. The van der Waals surface area contributed by atoms with Crippen molar-refractivity contribution >= 4 is 16.8 Å². The highest BCUT2D eigenvalue weighted by Gasteiger charge is 2.26. The van der Waals surface area contributed by atoms with Gasteiger partial charge in [0.1, 0.15) is 5.69 Å². The Bertz CT molecular complexity index is 893. The molecule has 2 aromatic heterocycles. The van der Waals surface area contributed by atoms with Gasteiger partial charge in [0.25, 0.3) is 5.91 Å². The molecule has 0 radical (unpaired) electrons. The van der Waals surface area contributed by atoms with Crippen molar-refractivity contribution in [2.24, 2.45) is 5.73 Å². The predicted octanol–water partition coefficient (Wildman–Crippen LogP) is 2.54. The molecule has 1 atom stereocenters. The van der Waals surface area contributed by atoms with Gasteiger partial charge in [0.2, 0.25) is 0 Å². The minimum absolute atomic E-state index is 0.0546. The van der Waals surface area contributed by atoms with E-state index in [2.05, 4.69) is 22.1 Å². The van der Waals surface area contributed by atoms with E-state index >= 15 is 0 Å². The van der Waals surface area contributed by atoms with Crippen molar-refractivity contribution in [2.75, 3.05) is 0 Å². The summed E-state index contributed by atoms with van der Waals surface area (Å²) >= 11 is 0. The second kappa shape index (κ2) is 5.44. The molecule has 5 nitrogen and oxygen atoms in total. The Labute approximate surface area is 133 Å². The van der Waals surface area contributed by atoms with Gasteiger partial charge in [-0.15, -0.1) is 0 Å². The standard InChI is InChI=1S/C18H15N3O2/c19-18(22)14-7-13-15(9-21-14)20-8-12-10-23-16(17(12)13)6-11-4-2-1-3-5-11/h1-5,7-9,16H,6,10H2,(H2,19,22). The van der Waals surface area contributed by atoms with E-state index in [0.717, 1.165) is 28.5 Å². The van der Waals surface area contributed by atoms with Crippen molar-refractivity contribution in [1.82, 2.24) is 9.97 Å². The quantitative estimate of drug-likeness (QED) is 0.806. The van der Waals surface area contributed by atoms with Gasteiger partial charge in [0.05, 0.1) is 24.4 Å². The first-order valence-corrected chi connectivity index (χ1v) is 7.45. The number of fused-ring (bicyclic) bond motifs is 3. The van der Waals surface area contributed by atoms with Crippen molar-refractivity contribution in [3.63, 3.8) is 0 Å². The van der Waals surface area contributed by atoms with E-state index in [9.17, 15) is 4.79 Å². The predicted molar refractivity (Wildman–Crippen MR) is 85.7 cm³/mol. The fraction of sp³-hybridized carbons (Fsp3) is 0.167. The van der Waals surface area contributed by atoms with E-state index in [1.54, 1.807) is 12.3 Å². The first-order valence-electron chi connectivity index (χ1n) is 7.45. The summed E-state index contributed by atoms with van der Waals surface area (Å²) in [7, 11) is 0. The number of hydrogen-bond donors (Lipinski definition) is 1. The molecule has 1 unspecified atom stereocenters. The summed E-state index contributed by atoms with van der Waals surface area (Å²) in [5.41, 5.74) is 9.70. The Hall–Kier alpha value is -2.79. The molecule has 114 valence electrons. The van der Waals surface area contributed by atoms with Crippen molar-refractivity contribution in [3.05, 3.63) is 71.2 Å². The lowest BCUT2D eigenvalue weighted by Crippen LogP contribution is -2.13. The van der Waals surface area contributed by atoms with E-state index in [0.29, 0.717) is 6.61 Å². The van der Waals surface area contributed by atoms with Gasteiger partial charge in [-0.05, 0) is 17.2 Å². The average Bonchev–Trinajstić information content (AvgIpc) is 2.98. The number of benzene rings is 1. The van der Waals surface area contributed by atoms with Crippen molar-refractivity contribution < 1.29 is 9.53 Å². The number of pyridine rings is 2. The van der Waals surface area contributed by atoms with Gasteiger partial charge in [-0.2, -0.15) is 0 Å². The van der Waals surface area contributed by atoms with Gasteiger partial charge in [-0.25, -0.2) is 4.98 Å². The largest absolute Gasteiger partial charge is 0.368 e. The smallest absolute Gasteiger partial charge is 0.267 e. The SMILES string of the molecule is NC(=O)c1cc2c3c(cnc2cn1)COC3Cc1ccccc1. The number of carbonyl (C=O) groups is 1. The summed E-state index contributed by atoms with van der Waals surface area (Å²) < 4.78 is 5.96. The first-order chi connectivity index (χ1) is 11.2. The molecule has 0 bridgehead atoms. The molecule has 1 aromatic carbocycles. The Balaban J connectivity index is 1.82. The minimum atomic E-state index is -0.539. The van der Waals surface area contributed by atoms with Crippen molar-refractivity contribution in [2.45, 2.75) is 19.1 Å². The van der Waals surface area contributed by atoms with Gasteiger partial charge in [-0.3, -0.25) is 9.78 Å². The maximum atomic E-state index is 11.4. The zero-order valence-corrected chi connectivity index (χ0v) is 12.4. The Morgan fingerprint density at radius 2 is 2.04 bits per heavy atom. The molecule has 0 saturated heterocycles. The van der Waals surface area contributed by atoms with Crippen LogP contribution in [0.15, 0.2) is 48.8 Å². The van der Waals surface area contributed by atoms with E-state index < -0.39 is 5.91 Å². The lowest BCUT2D eigenvalue weighted by molar-refractivity contribution is 0.0671. The molecule has 5 heteroatoms. The number of amides is 1. The monoisotopic (exact) mass is 305 g/mol. The molecule has 3 heterocycles. The number of nitrogens with two attached hydrogens (primary N) is 1. The highest BCUT2D eigenvalue weighted by atomic mass is 16.5. The highest BCUT2D eigenvalue weighted by molar-refractivity contribution is 5.95. The third-order valence-electron chi connectivity index (χ3n) is 4.16. The molecule has 0 saturated carbocycles. The molecule has 2 N–H and O–H groups in total. The summed E-state index contributed by atoms with van der Waals surface area (Å²) in [5.74, 6) is -0.539. The van der Waals surface area contributed by atoms with Crippen LogP contribution in [0.5, 0.6) is 0 Å². The maximum absolute atomic E-state index is 11.4. The molecule has 0 fully saturated rings. The van der Waals surface area contributed by atoms with Gasteiger partial charge in [-0.1, -0.05) is 30.3 Å². The Kier molecular flexibility index (Phi) is 3.28. The Morgan fingerprint density at radius 1 is 1.22 bits per heavy atom. The van der Waals surface area contributed by atoms with Gasteiger partial charge in [0, 0.05) is 23.6 Å². The first kappa shape index (κ1) is 13.8. The van der Waals surface area contributed by atoms with E-state index in [4.69, 9.17) is 10.5 Å². The normalized spacial score (nSPS) is 16.4. The molecule has 1 amide bonds. The van der Waals surface area contributed by atoms with E-state index in [1.807, 2.05) is 24.4 Å². The fourth-order valence-corrected chi connectivity index (χ4v) is 3.05. The molecule has 1 aliphatic rings. The summed E-state index contributed by atoms with van der Waals surface area (Å²) in [6.45, 7) is 0.532. The third kappa shape index (κ3) is 2.45. The molecule has 0 spiro atoms. The highest BCUT2D eigenvalue weighted by Crippen LogP contribution is 2.37. The molecular formula is C18H15N3O2. The van der Waals surface area contributed by atoms with Gasteiger partial charge >= 0.3 is 0 Å². The van der Waals surface area contributed by atoms with Crippen LogP contribution < -0.4 is 5.73 Å².